The van der Waals surface area contributed by atoms with Crippen LogP contribution in [0.3, 0.4) is 0 Å². The van der Waals surface area contributed by atoms with E-state index in [-0.39, 0.29) is 0 Å². The van der Waals surface area contributed by atoms with Gasteiger partial charge in [0.1, 0.15) is 0 Å². The van der Waals surface area contributed by atoms with Gasteiger partial charge in [0.15, 0.2) is 0 Å². The molecule has 0 aromatic carbocycles. The summed E-state index contributed by atoms with van der Waals surface area (Å²) < 4.78 is 0. The molecule has 0 fully saturated rings. The number of rotatable bonds is 6. The largest absolute Gasteiger partial charge is 0.317 e. The lowest BCUT2D eigenvalue weighted by molar-refractivity contribution is 0.639. The molecule has 3 heteroatoms. The highest BCUT2D eigenvalue weighted by atomic mass is 32.1. The van der Waals surface area contributed by atoms with Gasteiger partial charge in [-0.15, -0.1) is 11.3 Å². The van der Waals surface area contributed by atoms with E-state index < -0.39 is 0 Å². The molecule has 0 unspecified atom stereocenters. The minimum absolute atomic E-state index is 1.12. The minimum Gasteiger partial charge on any atom is -0.317 e. The average Bonchev–Trinajstić information content (AvgIpc) is 2.57. The second kappa shape index (κ2) is 6.14. The number of nitrogens with one attached hydrogen (secondary N) is 1. The molecule has 0 aliphatic carbocycles. The molecule has 1 heterocycles. The van der Waals surface area contributed by atoms with E-state index in [0.29, 0.717) is 0 Å². The molecular formula is C9H16N2S. The van der Waals surface area contributed by atoms with Crippen LogP contribution in [0.4, 0.5) is 0 Å². The first-order valence-electron chi connectivity index (χ1n) is 4.52. The van der Waals surface area contributed by atoms with Gasteiger partial charge in [-0.3, -0.25) is 0 Å². The molecule has 0 saturated carbocycles. The van der Waals surface area contributed by atoms with Gasteiger partial charge in [0.2, 0.25) is 0 Å². The van der Waals surface area contributed by atoms with Gasteiger partial charge in [-0.1, -0.05) is 6.92 Å². The molecule has 0 spiro atoms. The number of hydrogen-bond donors (Lipinski definition) is 1. The van der Waals surface area contributed by atoms with Crippen molar-refractivity contribution in [2.45, 2.75) is 26.2 Å². The Labute approximate surface area is 78.0 Å². The first-order chi connectivity index (χ1) is 5.93. The van der Waals surface area contributed by atoms with Crippen molar-refractivity contribution in [3.05, 3.63) is 16.6 Å². The fraction of sp³-hybridized carbons (Fsp3) is 0.667. The van der Waals surface area contributed by atoms with Crippen molar-refractivity contribution in [2.75, 3.05) is 13.1 Å². The molecule has 0 aliphatic heterocycles. The number of thiazole rings is 1. The topological polar surface area (TPSA) is 24.9 Å². The summed E-state index contributed by atoms with van der Waals surface area (Å²) in [7, 11) is 0. The molecule has 0 saturated heterocycles. The van der Waals surface area contributed by atoms with Gasteiger partial charge in [0, 0.05) is 18.0 Å². The predicted octanol–water partition coefficient (Wildman–Crippen LogP) is 2.08. The third-order valence-electron chi connectivity index (χ3n) is 1.65. The van der Waals surface area contributed by atoms with Crippen LogP contribution in [0.2, 0.25) is 0 Å². The second-order valence-corrected chi connectivity index (χ2v) is 3.76. The highest BCUT2D eigenvalue weighted by molar-refractivity contribution is 7.09. The first-order valence-corrected chi connectivity index (χ1v) is 5.40. The molecule has 2 nitrogen and oxygen atoms in total. The normalized spacial score (nSPS) is 10.4. The smallest absolute Gasteiger partial charge is 0.0925 e. The summed E-state index contributed by atoms with van der Waals surface area (Å²) in [5, 5.41) is 6.67. The quantitative estimate of drug-likeness (QED) is 0.685. The van der Waals surface area contributed by atoms with Crippen LogP contribution < -0.4 is 5.32 Å². The Balaban J connectivity index is 1.96. The van der Waals surface area contributed by atoms with Crippen LogP contribution in [0.1, 0.15) is 24.8 Å². The summed E-state index contributed by atoms with van der Waals surface area (Å²) in [6, 6.07) is 0. The Hall–Kier alpha value is -0.410. The van der Waals surface area contributed by atoms with Crippen LogP contribution in [-0.2, 0) is 6.42 Å². The lowest BCUT2D eigenvalue weighted by atomic mass is 10.3. The maximum absolute atomic E-state index is 4.22. The number of nitrogens with zero attached hydrogens (tertiary/aromatic N) is 1. The standard InChI is InChI=1S/C9H16N2S/c1-2-5-10-6-3-4-9-11-7-8-12-9/h7-8,10H,2-6H2,1H3. The number of hydrogen-bond acceptors (Lipinski definition) is 3. The van der Waals surface area contributed by atoms with E-state index in [1.807, 2.05) is 11.6 Å². The highest BCUT2D eigenvalue weighted by Gasteiger charge is 1.93. The summed E-state index contributed by atoms with van der Waals surface area (Å²) in [6.07, 6.45) is 5.42. The summed E-state index contributed by atoms with van der Waals surface area (Å²) >= 11 is 1.75. The summed E-state index contributed by atoms with van der Waals surface area (Å²) in [5.41, 5.74) is 0. The SMILES string of the molecule is CCCNCCCc1nccs1. The molecule has 1 N–H and O–H groups in total. The number of aromatic nitrogens is 1. The molecule has 0 bridgehead atoms. The van der Waals surface area contributed by atoms with Gasteiger partial charge >= 0.3 is 0 Å². The van der Waals surface area contributed by atoms with Gasteiger partial charge in [0.25, 0.3) is 0 Å². The zero-order valence-corrected chi connectivity index (χ0v) is 8.36. The molecule has 0 aliphatic rings. The lowest BCUT2D eigenvalue weighted by Gasteiger charge is -2.00. The average molecular weight is 184 g/mol. The van der Waals surface area contributed by atoms with Crippen LogP contribution in [-0.4, -0.2) is 18.1 Å². The minimum atomic E-state index is 1.12. The van der Waals surface area contributed by atoms with Crippen LogP contribution in [0, 0.1) is 0 Å². The van der Waals surface area contributed by atoms with Crippen molar-refractivity contribution in [1.82, 2.24) is 10.3 Å². The van der Waals surface area contributed by atoms with Crippen molar-refractivity contribution in [3.63, 3.8) is 0 Å². The summed E-state index contributed by atoms with van der Waals surface area (Å²) in [6.45, 7) is 4.44. The summed E-state index contributed by atoms with van der Waals surface area (Å²) in [5.74, 6) is 0. The molecule has 0 radical (unpaired) electrons. The van der Waals surface area contributed by atoms with Crippen LogP contribution in [0.25, 0.3) is 0 Å². The molecule has 1 rings (SSSR count). The van der Waals surface area contributed by atoms with Crippen molar-refractivity contribution in [1.29, 1.82) is 0 Å². The fourth-order valence-electron chi connectivity index (χ4n) is 1.04. The van der Waals surface area contributed by atoms with E-state index >= 15 is 0 Å². The maximum Gasteiger partial charge on any atom is 0.0925 e. The molecule has 0 amide bonds. The highest BCUT2D eigenvalue weighted by Crippen LogP contribution is 2.05. The Bertz CT molecular complexity index is 184. The van der Waals surface area contributed by atoms with E-state index in [9.17, 15) is 0 Å². The molecule has 68 valence electrons. The van der Waals surface area contributed by atoms with Crippen LogP contribution in [0.5, 0.6) is 0 Å². The van der Waals surface area contributed by atoms with Crippen molar-refractivity contribution >= 4 is 11.3 Å². The van der Waals surface area contributed by atoms with E-state index in [1.165, 1.54) is 17.8 Å². The molecular weight excluding hydrogens is 168 g/mol. The Morgan fingerprint density at radius 1 is 1.50 bits per heavy atom. The van der Waals surface area contributed by atoms with Crippen molar-refractivity contribution < 1.29 is 0 Å². The fourth-order valence-corrected chi connectivity index (χ4v) is 1.71. The second-order valence-electron chi connectivity index (χ2n) is 2.78. The predicted molar refractivity (Wildman–Crippen MR) is 53.6 cm³/mol. The first kappa shape index (κ1) is 9.68. The van der Waals surface area contributed by atoms with Gasteiger partial charge in [0.05, 0.1) is 5.01 Å². The molecule has 1 aromatic heterocycles. The lowest BCUT2D eigenvalue weighted by Crippen LogP contribution is -2.16. The Morgan fingerprint density at radius 3 is 3.08 bits per heavy atom. The van der Waals surface area contributed by atoms with Gasteiger partial charge in [-0.25, -0.2) is 4.98 Å². The molecule has 0 atom stereocenters. The van der Waals surface area contributed by atoms with Crippen molar-refractivity contribution in [2.24, 2.45) is 0 Å². The van der Waals surface area contributed by atoms with Gasteiger partial charge < -0.3 is 5.32 Å². The van der Waals surface area contributed by atoms with E-state index in [4.69, 9.17) is 0 Å². The van der Waals surface area contributed by atoms with Crippen LogP contribution in [0.15, 0.2) is 11.6 Å². The third-order valence-corrected chi connectivity index (χ3v) is 2.49. The Morgan fingerprint density at radius 2 is 2.42 bits per heavy atom. The maximum atomic E-state index is 4.22. The van der Waals surface area contributed by atoms with E-state index in [1.54, 1.807) is 11.3 Å². The van der Waals surface area contributed by atoms with E-state index in [0.717, 1.165) is 19.5 Å². The van der Waals surface area contributed by atoms with Crippen molar-refractivity contribution in [3.8, 4) is 0 Å². The molecule has 1 aromatic rings. The zero-order valence-electron chi connectivity index (χ0n) is 7.55. The summed E-state index contributed by atoms with van der Waals surface area (Å²) in [4.78, 5) is 4.22. The zero-order chi connectivity index (χ0) is 8.65. The molecule has 12 heavy (non-hydrogen) atoms. The van der Waals surface area contributed by atoms with Gasteiger partial charge in [-0.05, 0) is 25.9 Å². The van der Waals surface area contributed by atoms with E-state index in [2.05, 4.69) is 17.2 Å². The monoisotopic (exact) mass is 184 g/mol. The third kappa shape index (κ3) is 3.83. The Kier molecular flexibility index (Phi) is 4.95. The number of aryl methyl sites for hydroxylation is 1. The van der Waals surface area contributed by atoms with Crippen LogP contribution >= 0.6 is 11.3 Å². The van der Waals surface area contributed by atoms with Gasteiger partial charge in [-0.2, -0.15) is 0 Å².